The molecule has 2 rings (SSSR count). The van der Waals surface area contributed by atoms with Crippen LogP contribution in [0, 0.1) is 17.0 Å². The Morgan fingerprint density at radius 2 is 2.16 bits per heavy atom. The standard InChI is InChI=1S/C12H8BrClN2O3/c1-7-2-3-9(5-11(7)16(17)18)19-12-10(13)4-8(14)6-15-12/h2-6H,1H3. The van der Waals surface area contributed by atoms with Gasteiger partial charge < -0.3 is 4.74 Å². The molecule has 2 aromatic rings. The molecule has 1 aromatic carbocycles. The molecule has 5 nitrogen and oxygen atoms in total. The van der Waals surface area contributed by atoms with Crippen LogP contribution in [0.15, 0.2) is 34.9 Å². The molecule has 0 amide bonds. The molecular weight excluding hydrogens is 336 g/mol. The number of pyridine rings is 1. The lowest BCUT2D eigenvalue weighted by Gasteiger charge is -2.07. The first-order chi connectivity index (χ1) is 8.97. The monoisotopic (exact) mass is 342 g/mol. The maximum atomic E-state index is 10.8. The molecule has 0 unspecified atom stereocenters. The average Bonchev–Trinajstić information content (AvgIpc) is 2.34. The molecule has 0 fully saturated rings. The average molecular weight is 344 g/mol. The summed E-state index contributed by atoms with van der Waals surface area (Å²) in [5.41, 5.74) is 0.572. The highest BCUT2D eigenvalue weighted by Gasteiger charge is 2.13. The van der Waals surface area contributed by atoms with Crippen molar-refractivity contribution in [2.24, 2.45) is 0 Å². The second-order valence-electron chi connectivity index (χ2n) is 3.75. The first-order valence-corrected chi connectivity index (χ1v) is 6.38. The number of hydrogen-bond acceptors (Lipinski definition) is 4. The van der Waals surface area contributed by atoms with Gasteiger partial charge in [-0.05, 0) is 41.1 Å². The SMILES string of the molecule is Cc1ccc(Oc2ncc(Cl)cc2Br)cc1[N+](=O)[O-]. The number of ether oxygens (including phenoxy) is 1. The predicted molar refractivity (Wildman–Crippen MR) is 74.9 cm³/mol. The largest absolute Gasteiger partial charge is 0.438 e. The lowest BCUT2D eigenvalue weighted by Crippen LogP contribution is -1.94. The Bertz CT molecular complexity index is 649. The van der Waals surface area contributed by atoms with E-state index >= 15 is 0 Å². The van der Waals surface area contributed by atoms with Crippen LogP contribution in [0.25, 0.3) is 0 Å². The van der Waals surface area contributed by atoms with Gasteiger partial charge in [0.1, 0.15) is 5.75 Å². The summed E-state index contributed by atoms with van der Waals surface area (Å²) in [6.07, 6.45) is 1.43. The van der Waals surface area contributed by atoms with E-state index in [4.69, 9.17) is 16.3 Å². The number of halogens is 2. The van der Waals surface area contributed by atoms with E-state index in [-0.39, 0.29) is 5.69 Å². The van der Waals surface area contributed by atoms with Gasteiger partial charge >= 0.3 is 0 Å². The lowest BCUT2D eigenvalue weighted by molar-refractivity contribution is -0.385. The normalized spacial score (nSPS) is 10.3. The smallest absolute Gasteiger partial charge is 0.276 e. The van der Waals surface area contributed by atoms with Crippen LogP contribution in [0.5, 0.6) is 11.6 Å². The summed E-state index contributed by atoms with van der Waals surface area (Å²) in [6, 6.07) is 6.26. The number of nitro groups is 1. The third kappa shape index (κ3) is 3.21. The Balaban J connectivity index is 2.33. The van der Waals surface area contributed by atoms with Gasteiger partial charge in [0.25, 0.3) is 5.69 Å². The number of nitrogens with zero attached hydrogens (tertiary/aromatic N) is 2. The molecule has 1 aromatic heterocycles. The van der Waals surface area contributed by atoms with Gasteiger partial charge in [-0.3, -0.25) is 10.1 Å². The number of rotatable bonds is 3. The Morgan fingerprint density at radius 3 is 2.79 bits per heavy atom. The Kier molecular flexibility index (Phi) is 4.01. The highest BCUT2D eigenvalue weighted by Crippen LogP contribution is 2.31. The van der Waals surface area contributed by atoms with Crippen molar-refractivity contribution >= 4 is 33.2 Å². The Morgan fingerprint density at radius 1 is 1.42 bits per heavy atom. The van der Waals surface area contributed by atoms with Gasteiger partial charge in [0.2, 0.25) is 5.88 Å². The van der Waals surface area contributed by atoms with Gasteiger partial charge in [-0.1, -0.05) is 11.6 Å². The van der Waals surface area contributed by atoms with Crippen LogP contribution in [-0.2, 0) is 0 Å². The van der Waals surface area contributed by atoms with E-state index in [1.165, 1.54) is 12.3 Å². The zero-order valence-corrected chi connectivity index (χ0v) is 12.1. The van der Waals surface area contributed by atoms with E-state index in [9.17, 15) is 10.1 Å². The van der Waals surface area contributed by atoms with Crippen molar-refractivity contribution in [2.75, 3.05) is 0 Å². The molecule has 0 aliphatic carbocycles. The number of nitro benzene ring substituents is 1. The summed E-state index contributed by atoms with van der Waals surface area (Å²) in [7, 11) is 0. The van der Waals surface area contributed by atoms with Crippen molar-refractivity contribution in [3.63, 3.8) is 0 Å². The van der Waals surface area contributed by atoms with Crippen molar-refractivity contribution in [3.05, 3.63) is 55.6 Å². The highest BCUT2D eigenvalue weighted by atomic mass is 79.9. The first-order valence-electron chi connectivity index (χ1n) is 5.21. The summed E-state index contributed by atoms with van der Waals surface area (Å²) < 4.78 is 6.06. The van der Waals surface area contributed by atoms with E-state index in [2.05, 4.69) is 20.9 Å². The quantitative estimate of drug-likeness (QED) is 0.607. The van der Waals surface area contributed by atoms with Crippen LogP contribution in [-0.4, -0.2) is 9.91 Å². The molecule has 0 spiro atoms. The third-order valence-electron chi connectivity index (χ3n) is 2.37. The highest BCUT2D eigenvalue weighted by molar-refractivity contribution is 9.10. The molecule has 0 saturated carbocycles. The predicted octanol–water partition coefficient (Wildman–Crippen LogP) is 4.51. The fourth-order valence-corrected chi connectivity index (χ4v) is 2.16. The number of benzene rings is 1. The molecule has 0 atom stereocenters. The van der Waals surface area contributed by atoms with Gasteiger partial charge in [0.15, 0.2) is 0 Å². The van der Waals surface area contributed by atoms with Crippen LogP contribution in [0.1, 0.15) is 5.56 Å². The summed E-state index contributed by atoms with van der Waals surface area (Å²) in [4.78, 5) is 14.4. The Hall–Kier alpha value is -1.66. The molecule has 0 aliphatic heterocycles. The van der Waals surface area contributed by atoms with Gasteiger partial charge in [0.05, 0.1) is 20.5 Å². The summed E-state index contributed by atoms with van der Waals surface area (Å²) >= 11 is 9.03. The lowest BCUT2D eigenvalue weighted by atomic mass is 10.2. The fourth-order valence-electron chi connectivity index (χ4n) is 1.44. The minimum Gasteiger partial charge on any atom is -0.438 e. The molecular formula is C12H8BrClN2O3. The van der Waals surface area contributed by atoms with Gasteiger partial charge in [0, 0.05) is 11.8 Å². The fraction of sp³-hybridized carbons (Fsp3) is 0.0833. The van der Waals surface area contributed by atoms with E-state index in [1.54, 1.807) is 25.1 Å². The molecule has 98 valence electrons. The maximum Gasteiger partial charge on any atom is 0.276 e. The van der Waals surface area contributed by atoms with Crippen LogP contribution >= 0.6 is 27.5 Å². The molecule has 0 N–H and O–H groups in total. The van der Waals surface area contributed by atoms with Crippen molar-refractivity contribution in [2.45, 2.75) is 6.92 Å². The second-order valence-corrected chi connectivity index (χ2v) is 5.04. The zero-order valence-electron chi connectivity index (χ0n) is 9.76. The molecule has 19 heavy (non-hydrogen) atoms. The van der Waals surface area contributed by atoms with Crippen molar-refractivity contribution in [3.8, 4) is 11.6 Å². The molecule has 0 aliphatic rings. The number of aryl methyl sites for hydroxylation is 1. The van der Waals surface area contributed by atoms with Gasteiger partial charge in [-0.25, -0.2) is 4.98 Å². The molecule has 7 heteroatoms. The van der Waals surface area contributed by atoms with Crippen LogP contribution < -0.4 is 4.74 Å². The topological polar surface area (TPSA) is 65.3 Å². The van der Waals surface area contributed by atoms with Crippen molar-refractivity contribution in [1.82, 2.24) is 4.98 Å². The van der Waals surface area contributed by atoms with E-state index in [0.717, 1.165) is 0 Å². The van der Waals surface area contributed by atoms with Crippen molar-refractivity contribution < 1.29 is 9.66 Å². The minimum atomic E-state index is -0.452. The molecule has 0 saturated heterocycles. The number of aromatic nitrogens is 1. The Labute approximate surface area is 122 Å². The summed E-state index contributed by atoms with van der Waals surface area (Å²) in [5, 5.41) is 11.3. The first kappa shape index (κ1) is 13.8. The van der Waals surface area contributed by atoms with Crippen molar-refractivity contribution in [1.29, 1.82) is 0 Å². The number of hydrogen-bond donors (Lipinski definition) is 0. The summed E-state index contributed by atoms with van der Waals surface area (Å²) in [6.45, 7) is 1.67. The van der Waals surface area contributed by atoms with E-state index in [0.29, 0.717) is 26.7 Å². The van der Waals surface area contributed by atoms with Gasteiger partial charge in [-0.2, -0.15) is 0 Å². The van der Waals surface area contributed by atoms with Crippen LogP contribution in [0.3, 0.4) is 0 Å². The molecule has 1 heterocycles. The summed E-state index contributed by atoms with van der Waals surface area (Å²) in [5.74, 6) is 0.635. The van der Waals surface area contributed by atoms with E-state index < -0.39 is 4.92 Å². The maximum absolute atomic E-state index is 10.8. The van der Waals surface area contributed by atoms with Gasteiger partial charge in [-0.15, -0.1) is 0 Å². The third-order valence-corrected chi connectivity index (χ3v) is 3.14. The van der Waals surface area contributed by atoms with Crippen LogP contribution in [0.4, 0.5) is 5.69 Å². The van der Waals surface area contributed by atoms with E-state index in [1.807, 2.05) is 0 Å². The molecule has 0 bridgehead atoms. The van der Waals surface area contributed by atoms with Crippen LogP contribution in [0.2, 0.25) is 5.02 Å². The second kappa shape index (κ2) is 5.54. The minimum absolute atomic E-state index is 0.00239. The molecule has 0 radical (unpaired) electrons. The zero-order chi connectivity index (χ0) is 14.0.